The summed E-state index contributed by atoms with van der Waals surface area (Å²) >= 11 is 0. The fourth-order valence-corrected chi connectivity index (χ4v) is 1.64. The lowest BCUT2D eigenvalue weighted by molar-refractivity contribution is 1.00. The molecule has 0 aliphatic rings. The molecule has 0 saturated heterocycles. The van der Waals surface area contributed by atoms with Crippen LogP contribution in [0.1, 0.15) is 16.8 Å². The number of nitrogens with zero attached hydrogens (tertiary/aromatic N) is 1. The van der Waals surface area contributed by atoms with E-state index in [1.54, 1.807) is 0 Å². The first-order chi connectivity index (χ1) is 6.66. The Hall–Kier alpha value is -1.50. The summed E-state index contributed by atoms with van der Waals surface area (Å²) in [5.74, 6) is 0. The smallest absolute Gasteiger partial charge is 0.0732 e. The molecule has 1 heteroatoms. The fraction of sp³-hybridized carbons (Fsp3) is 0.231. The van der Waals surface area contributed by atoms with E-state index in [4.69, 9.17) is 0 Å². The number of benzene rings is 1. The van der Waals surface area contributed by atoms with Crippen molar-refractivity contribution in [3.63, 3.8) is 0 Å². The van der Waals surface area contributed by atoms with Crippen molar-refractivity contribution in [2.45, 2.75) is 20.8 Å². The molecule has 1 nitrogen and oxygen atoms in total. The molecule has 0 aliphatic carbocycles. The predicted octanol–water partition coefficient (Wildman–Crippen LogP) is 3.20. The van der Waals surface area contributed by atoms with Gasteiger partial charge in [-0.3, -0.25) is 0 Å². The lowest BCUT2D eigenvalue weighted by Crippen LogP contribution is -1.94. The van der Waals surface area contributed by atoms with Crippen LogP contribution < -0.4 is 0 Å². The van der Waals surface area contributed by atoms with Gasteiger partial charge in [0.25, 0.3) is 0 Å². The van der Waals surface area contributed by atoms with Gasteiger partial charge in [-0.25, -0.2) is 0 Å². The van der Waals surface area contributed by atoms with E-state index in [1.807, 2.05) is 0 Å². The molecule has 0 fully saturated rings. The maximum Gasteiger partial charge on any atom is 0.0732 e. The van der Waals surface area contributed by atoms with Gasteiger partial charge < -0.3 is 4.57 Å². The second-order valence-corrected chi connectivity index (χ2v) is 3.75. The lowest BCUT2D eigenvalue weighted by Gasteiger charge is -2.05. The molecule has 1 radical (unpaired) electrons. The van der Waals surface area contributed by atoms with Crippen molar-refractivity contribution >= 4 is 0 Å². The van der Waals surface area contributed by atoms with E-state index in [0.717, 1.165) is 0 Å². The van der Waals surface area contributed by atoms with Crippen LogP contribution >= 0.6 is 0 Å². The summed E-state index contributed by atoms with van der Waals surface area (Å²) in [5.41, 5.74) is 4.88. The van der Waals surface area contributed by atoms with Crippen LogP contribution in [0.5, 0.6) is 0 Å². The molecular weight excluding hydrogens is 170 g/mol. The highest BCUT2D eigenvalue weighted by Crippen LogP contribution is 2.14. The summed E-state index contributed by atoms with van der Waals surface area (Å²) in [6.07, 6.45) is 3.30. The molecule has 0 spiro atoms. The quantitative estimate of drug-likeness (QED) is 0.641. The minimum absolute atomic E-state index is 1.18. The first-order valence-corrected chi connectivity index (χ1v) is 4.82. The molecule has 0 N–H and O–H groups in total. The van der Waals surface area contributed by atoms with Gasteiger partial charge in [0, 0.05) is 11.4 Å². The molecule has 2 rings (SSSR count). The van der Waals surface area contributed by atoms with Crippen LogP contribution in [0.4, 0.5) is 0 Å². The van der Waals surface area contributed by atoms with E-state index < -0.39 is 0 Å². The summed E-state index contributed by atoms with van der Waals surface area (Å²) in [6, 6.07) is 10.6. The largest absolute Gasteiger partial charge is 0.312 e. The molecule has 0 saturated carbocycles. The molecule has 0 aliphatic heterocycles. The molecule has 1 heterocycles. The van der Waals surface area contributed by atoms with E-state index in [1.165, 1.54) is 22.5 Å². The average Bonchev–Trinajstić information content (AvgIpc) is 2.47. The summed E-state index contributed by atoms with van der Waals surface area (Å²) in [4.78, 5) is 0. The first kappa shape index (κ1) is 9.07. The van der Waals surface area contributed by atoms with Crippen LogP contribution in [0.15, 0.2) is 30.3 Å². The highest BCUT2D eigenvalue weighted by molar-refractivity contribution is 5.37. The van der Waals surface area contributed by atoms with Crippen molar-refractivity contribution in [3.05, 3.63) is 53.3 Å². The van der Waals surface area contributed by atoms with Crippen LogP contribution in [0, 0.1) is 27.0 Å². The Morgan fingerprint density at radius 3 is 2.14 bits per heavy atom. The van der Waals surface area contributed by atoms with Gasteiger partial charge >= 0.3 is 0 Å². The van der Waals surface area contributed by atoms with Crippen molar-refractivity contribution in [3.8, 4) is 5.69 Å². The molecule has 71 valence electrons. The standard InChI is InChI=1S/C13H14N/c1-10-4-6-13(7-5-10)14-9-11(2)8-12(14)3/h4-8H,1-3H3. The normalized spacial score (nSPS) is 10.5. The average molecular weight is 184 g/mol. The summed E-state index contributed by atoms with van der Waals surface area (Å²) in [7, 11) is 0. The maximum atomic E-state index is 3.30. The zero-order valence-corrected chi connectivity index (χ0v) is 8.83. The molecule has 14 heavy (non-hydrogen) atoms. The minimum Gasteiger partial charge on any atom is -0.312 e. The molecule has 1 aromatic heterocycles. The second kappa shape index (κ2) is 3.33. The van der Waals surface area contributed by atoms with Crippen molar-refractivity contribution in [1.82, 2.24) is 4.57 Å². The fourth-order valence-electron chi connectivity index (χ4n) is 1.64. The molecule has 1 aromatic carbocycles. The van der Waals surface area contributed by atoms with Crippen molar-refractivity contribution in [2.24, 2.45) is 0 Å². The summed E-state index contributed by atoms with van der Waals surface area (Å²) in [6.45, 7) is 6.27. The van der Waals surface area contributed by atoms with Gasteiger partial charge in [-0.1, -0.05) is 17.7 Å². The van der Waals surface area contributed by atoms with E-state index >= 15 is 0 Å². The van der Waals surface area contributed by atoms with E-state index in [2.05, 4.69) is 61.9 Å². The van der Waals surface area contributed by atoms with E-state index in [-0.39, 0.29) is 0 Å². The number of aromatic nitrogens is 1. The Bertz CT molecular complexity index is 435. The van der Waals surface area contributed by atoms with E-state index in [9.17, 15) is 0 Å². The lowest BCUT2D eigenvalue weighted by atomic mass is 10.2. The molecule has 0 unspecified atom stereocenters. The number of aryl methyl sites for hydroxylation is 3. The minimum atomic E-state index is 1.18. The molecule has 0 atom stereocenters. The Morgan fingerprint density at radius 2 is 1.64 bits per heavy atom. The SMILES string of the molecule is Cc1[c]n(-c2ccc(C)cc2)c(C)c1. The van der Waals surface area contributed by atoms with Crippen LogP contribution in [0.3, 0.4) is 0 Å². The maximum absolute atomic E-state index is 3.30. The van der Waals surface area contributed by atoms with Crippen LogP contribution in [0.2, 0.25) is 0 Å². The molecule has 0 amide bonds. The van der Waals surface area contributed by atoms with Gasteiger partial charge in [-0.2, -0.15) is 0 Å². The third-order valence-electron chi connectivity index (χ3n) is 2.36. The molecule has 0 bridgehead atoms. The van der Waals surface area contributed by atoms with Gasteiger partial charge in [-0.05, 0) is 44.5 Å². The third-order valence-corrected chi connectivity index (χ3v) is 2.36. The van der Waals surface area contributed by atoms with Gasteiger partial charge in [0.2, 0.25) is 0 Å². The molecular formula is C13H14N. The first-order valence-electron chi connectivity index (χ1n) is 4.82. The van der Waals surface area contributed by atoms with E-state index in [0.29, 0.717) is 0 Å². The molecule has 2 aromatic rings. The third kappa shape index (κ3) is 1.58. The highest BCUT2D eigenvalue weighted by atomic mass is 15.0. The Labute approximate surface area is 85.0 Å². The Kier molecular flexibility index (Phi) is 2.16. The number of rotatable bonds is 1. The summed E-state index contributed by atoms with van der Waals surface area (Å²) in [5, 5.41) is 0. The Balaban J connectivity index is 2.49. The van der Waals surface area contributed by atoms with Crippen molar-refractivity contribution in [2.75, 3.05) is 0 Å². The Morgan fingerprint density at radius 1 is 1.00 bits per heavy atom. The van der Waals surface area contributed by atoms with Crippen molar-refractivity contribution in [1.29, 1.82) is 0 Å². The topological polar surface area (TPSA) is 4.93 Å². The zero-order valence-electron chi connectivity index (χ0n) is 8.83. The van der Waals surface area contributed by atoms with Crippen LogP contribution in [0.25, 0.3) is 5.69 Å². The highest BCUT2D eigenvalue weighted by Gasteiger charge is 2.01. The summed E-state index contributed by atoms with van der Waals surface area (Å²) < 4.78 is 2.09. The second-order valence-electron chi connectivity index (χ2n) is 3.75. The number of hydrogen-bond donors (Lipinski definition) is 0. The van der Waals surface area contributed by atoms with Crippen LogP contribution in [-0.4, -0.2) is 4.57 Å². The predicted molar refractivity (Wildman–Crippen MR) is 58.8 cm³/mol. The number of hydrogen-bond acceptors (Lipinski definition) is 0. The van der Waals surface area contributed by atoms with Crippen molar-refractivity contribution < 1.29 is 0 Å². The van der Waals surface area contributed by atoms with Gasteiger partial charge in [0.1, 0.15) is 0 Å². The monoisotopic (exact) mass is 184 g/mol. The van der Waals surface area contributed by atoms with Crippen LogP contribution in [-0.2, 0) is 0 Å². The van der Waals surface area contributed by atoms with Gasteiger partial charge in [-0.15, -0.1) is 0 Å². The van der Waals surface area contributed by atoms with Gasteiger partial charge in [0.05, 0.1) is 6.20 Å². The zero-order chi connectivity index (χ0) is 10.1. The van der Waals surface area contributed by atoms with Gasteiger partial charge in [0.15, 0.2) is 0 Å².